The maximum absolute atomic E-state index is 13.5. The van der Waals surface area contributed by atoms with Gasteiger partial charge in [-0.1, -0.05) is 125 Å². The first-order chi connectivity index (χ1) is 49.3. The van der Waals surface area contributed by atoms with Gasteiger partial charge in [0.2, 0.25) is 17.7 Å². The Morgan fingerprint density at radius 3 is 1.01 bits per heavy atom. The lowest BCUT2D eigenvalue weighted by Gasteiger charge is -2.54. The molecule has 15 aliphatic carbocycles. The molecule has 11 nitrogen and oxygen atoms in total. The van der Waals surface area contributed by atoms with Gasteiger partial charge in [-0.2, -0.15) is 19.2 Å². The molecule has 0 radical (unpaired) electrons. The van der Waals surface area contributed by atoms with Crippen LogP contribution >= 0.6 is 47.8 Å². The van der Waals surface area contributed by atoms with Crippen LogP contribution in [0.1, 0.15) is 279 Å². The quantitative estimate of drug-likeness (QED) is 0.185. The molecule has 3 spiro atoms. The maximum atomic E-state index is 13.5. The van der Waals surface area contributed by atoms with E-state index in [0.29, 0.717) is 64.6 Å². The number of methoxy groups -OCH3 is 1. The fourth-order valence-electron chi connectivity index (χ4n) is 27.4. The second kappa shape index (κ2) is 30.6. The van der Waals surface area contributed by atoms with Crippen molar-refractivity contribution in [2.75, 3.05) is 46.4 Å². The molecule has 0 N–H and O–H groups in total. The van der Waals surface area contributed by atoms with Crippen LogP contribution in [0, 0.1) is 100 Å². The average Bonchev–Trinajstić information content (AvgIpc) is 1.74. The Morgan fingerprint density at radius 2 is 0.718 bits per heavy atom. The van der Waals surface area contributed by atoms with Crippen molar-refractivity contribution < 1.29 is 38.3 Å². The van der Waals surface area contributed by atoms with Gasteiger partial charge in [0.15, 0.2) is 0 Å². The normalized spacial score (nSPS) is 34.8. The van der Waals surface area contributed by atoms with Crippen LogP contribution in [0.15, 0.2) is 68.0 Å². The Hall–Kier alpha value is -3.77. The van der Waals surface area contributed by atoms with E-state index in [4.69, 9.17) is 23.9 Å². The molecular formula is C89H120Br3N3O8. The topological polar surface area (TPSA) is 138 Å². The van der Waals surface area contributed by atoms with E-state index < -0.39 is 0 Å². The SMILES string of the molecule is CC(C)C1CC2(CCN(C(=O)CC3C4CC5CC(C4)CC3C5)CC2)c2c(Br)cccc21.CCC(C)(C)C1CC2(CCN(C(=O)CC3C4CC5CC(C4)CC3C5)CC2)c2c(Br)cccc21.COC(C)(C)C1CC2(CCN(C(=O)CC3C4CC5CC(C4)CC3C5)CC2)c2c(Br)cccc21.O=C=O.O=C=O. The molecule has 18 aliphatic rings. The van der Waals surface area contributed by atoms with Gasteiger partial charge in [0.25, 0.3) is 0 Å². The van der Waals surface area contributed by atoms with Crippen LogP contribution in [0.3, 0.4) is 0 Å². The van der Waals surface area contributed by atoms with Gasteiger partial charge in [-0.15, -0.1) is 0 Å². The number of piperidine rings is 3. The molecule has 21 rings (SSSR count). The number of likely N-dealkylation sites (tertiary alicyclic amines) is 3. The average molecular weight is 1600 g/mol. The first-order valence-corrected chi connectivity index (χ1v) is 43.5. The summed E-state index contributed by atoms with van der Waals surface area (Å²) in [5.74, 6) is 16.9. The third-order valence-electron chi connectivity index (χ3n) is 32.4. The van der Waals surface area contributed by atoms with E-state index in [1.54, 1.807) is 22.3 Å². The summed E-state index contributed by atoms with van der Waals surface area (Å²) in [5.41, 5.74) is 10.0. The van der Waals surface area contributed by atoms with Crippen LogP contribution in [0.5, 0.6) is 0 Å². The summed E-state index contributed by atoms with van der Waals surface area (Å²) in [4.78, 5) is 79.6. The van der Waals surface area contributed by atoms with E-state index >= 15 is 0 Å². The van der Waals surface area contributed by atoms with Crippen molar-refractivity contribution in [2.24, 2.45) is 100 Å². The van der Waals surface area contributed by atoms with Crippen LogP contribution in [-0.4, -0.2) is 96.7 Å². The molecule has 560 valence electrons. The highest BCUT2D eigenvalue weighted by Gasteiger charge is 2.57. The first-order valence-electron chi connectivity index (χ1n) is 41.1. The fourth-order valence-corrected chi connectivity index (χ4v) is 29.8. The van der Waals surface area contributed by atoms with Crippen molar-refractivity contribution >= 4 is 77.8 Å². The Labute approximate surface area is 642 Å². The summed E-state index contributed by atoms with van der Waals surface area (Å²) < 4.78 is 9.79. The Bertz CT molecular complexity index is 3410. The monoisotopic (exact) mass is 1600 g/mol. The number of carbonyl (C=O) groups excluding carboxylic acids is 7. The summed E-state index contributed by atoms with van der Waals surface area (Å²) in [6.45, 7) is 22.1. The number of amides is 3. The van der Waals surface area contributed by atoms with Gasteiger partial charge in [0.05, 0.1) is 5.60 Å². The highest BCUT2D eigenvalue weighted by molar-refractivity contribution is 9.11. The standard InChI is InChI=1S/C30H42BrNO.C29H40BrNO2.C28H38BrNO.2CO2/c1-4-29(2,3)25-18-30(28-23(25)6-5-7-26(28)31)8-10-32(11-9-30)27(33)17-24-21-13-19-12-20(15-21)16-22(24)14-19;1-28(2,33-3)24-17-29(27-22(24)5-4-6-25(27)30)7-9-31(10-8-29)26(32)16-23-20-12-18-11-19(14-20)15-21(23)13-18;1-17(2)24-16-28(27-22(24)4-3-5-25(27)29)6-8-30(9-7-28)26(31)15-23-20-11-18-10-19(13-20)14-21(23)12-18;2*2-1-3/h5-7,19-22,24-25H,4,8-18H2,1-3H3;4-6,18-21,23-24H,7-17H2,1-3H3;3-5,17-21,23-24H,6-16H2,1-2H3;;. The summed E-state index contributed by atoms with van der Waals surface area (Å²) >= 11 is 11.7. The van der Waals surface area contributed by atoms with Gasteiger partial charge in [-0.3, -0.25) is 14.4 Å². The Balaban J connectivity index is 0.000000126. The third kappa shape index (κ3) is 14.6. The van der Waals surface area contributed by atoms with Crippen molar-refractivity contribution in [2.45, 2.75) is 268 Å². The highest BCUT2D eigenvalue weighted by Crippen LogP contribution is 2.64. The first kappa shape index (κ1) is 76.0. The van der Waals surface area contributed by atoms with E-state index in [2.05, 4.69) is 166 Å². The minimum Gasteiger partial charge on any atom is -0.378 e. The Morgan fingerprint density at radius 1 is 0.447 bits per heavy atom. The van der Waals surface area contributed by atoms with Gasteiger partial charge in [-0.05, 0) is 331 Å². The maximum Gasteiger partial charge on any atom is 0.373 e. The predicted molar refractivity (Wildman–Crippen MR) is 412 cm³/mol. The molecule has 12 bridgehead atoms. The number of halogens is 3. The van der Waals surface area contributed by atoms with Crippen LogP contribution in [0.4, 0.5) is 0 Å². The molecule has 3 unspecified atom stereocenters. The number of hydrogen-bond donors (Lipinski definition) is 0. The molecule has 14 heteroatoms. The minimum atomic E-state index is -0.189. The lowest BCUT2D eigenvalue weighted by molar-refractivity contribution is -0.193. The number of fused-ring (bicyclic) bond motifs is 6. The van der Waals surface area contributed by atoms with Crippen LogP contribution in [-0.2, 0) is 54.5 Å². The molecule has 3 amide bonds. The molecule has 12 saturated carbocycles. The largest absolute Gasteiger partial charge is 0.378 e. The van der Waals surface area contributed by atoms with Crippen molar-refractivity contribution in [3.05, 3.63) is 101 Å². The van der Waals surface area contributed by atoms with Gasteiger partial charge in [-0.25, -0.2) is 0 Å². The van der Waals surface area contributed by atoms with E-state index in [1.807, 2.05) is 7.11 Å². The van der Waals surface area contributed by atoms with Crippen molar-refractivity contribution in [1.29, 1.82) is 0 Å². The van der Waals surface area contributed by atoms with Crippen LogP contribution in [0.2, 0.25) is 0 Å². The van der Waals surface area contributed by atoms with Gasteiger partial charge < -0.3 is 19.4 Å². The van der Waals surface area contributed by atoms with E-state index in [9.17, 15) is 14.4 Å². The number of carbonyl (C=O) groups is 3. The van der Waals surface area contributed by atoms with Crippen molar-refractivity contribution in [3.63, 3.8) is 0 Å². The Kier molecular flexibility index (Phi) is 22.6. The molecule has 3 aromatic rings. The molecule has 3 heterocycles. The van der Waals surface area contributed by atoms with Gasteiger partial charge in [0.1, 0.15) is 0 Å². The lowest BCUT2D eigenvalue weighted by atomic mass is 9.51. The van der Waals surface area contributed by atoms with E-state index in [1.165, 1.54) is 140 Å². The highest BCUT2D eigenvalue weighted by atomic mass is 79.9. The number of nitrogens with zero attached hydrogens (tertiary/aromatic N) is 3. The molecule has 15 fully saturated rings. The second-order valence-corrected chi connectivity index (χ2v) is 40.9. The van der Waals surface area contributed by atoms with Gasteiger partial charge in [0, 0.05) is 101 Å². The van der Waals surface area contributed by atoms with E-state index in [-0.39, 0.29) is 34.1 Å². The zero-order valence-electron chi connectivity index (χ0n) is 63.4. The summed E-state index contributed by atoms with van der Waals surface area (Å²) in [5, 5.41) is 0. The third-order valence-corrected chi connectivity index (χ3v) is 34.4. The molecule has 3 aliphatic heterocycles. The molecule has 3 atom stereocenters. The second-order valence-electron chi connectivity index (χ2n) is 38.4. The number of rotatable bonds is 11. The molecule has 103 heavy (non-hydrogen) atoms. The zero-order valence-corrected chi connectivity index (χ0v) is 68.2. The zero-order chi connectivity index (χ0) is 72.7. The number of ether oxygens (including phenoxy) is 1. The smallest absolute Gasteiger partial charge is 0.373 e. The van der Waals surface area contributed by atoms with Crippen LogP contribution in [0.25, 0.3) is 0 Å². The molecule has 3 saturated heterocycles. The summed E-state index contributed by atoms with van der Waals surface area (Å²) in [7, 11) is 1.84. The lowest BCUT2D eigenvalue weighted by Crippen LogP contribution is -2.49. The van der Waals surface area contributed by atoms with E-state index in [0.717, 1.165) is 174 Å². The fraction of sp³-hybridized carbons (Fsp3) is 0.742. The molecule has 3 aromatic carbocycles. The molecular weight excluding hydrogens is 1480 g/mol. The summed E-state index contributed by atoms with van der Waals surface area (Å²) in [6, 6.07) is 20.3. The van der Waals surface area contributed by atoms with Gasteiger partial charge >= 0.3 is 12.3 Å². The predicted octanol–water partition coefficient (Wildman–Crippen LogP) is 20.1. The number of benzene rings is 3. The molecule has 0 aromatic heterocycles. The minimum absolute atomic E-state index is 0.162. The van der Waals surface area contributed by atoms with Crippen molar-refractivity contribution in [1.82, 2.24) is 14.7 Å². The summed E-state index contributed by atoms with van der Waals surface area (Å²) in [6.07, 6.45) is 36.1. The van der Waals surface area contributed by atoms with Crippen LogP contribution < -0.4 is 0 Å². The van der Waals surface area contributed by atoms with Crippen molar-refractivity contribution in [3.8, 4) is 0 Å². The number of hydrogen-bond acceptors (Lipinski definition) is 8.